The third-order valence-corrected chi connectivity index (χ3v) is 2.23. The molecule has 0 aliphatic heterocycles. The van der Waals surface area contributed by atoms with Crippen molar-refractivity contribution in [2.75, 3.05) is 11.6 Å². The molecule has 0 atom stereocenters. The zero-order chi connectivity index (χ0) is 15.3. The Bertz CT molecular complexity index is 499. The molecule has 1 heterocycles. The van der Waals surface area contributed by atoms with Crippen molar-refractivity contribution < 1.29 is 19.1 Å². The van der Waals surface area contributed by atoms with Crippen molar-refractivity contribution >= 4 is 29.5 Å². The Labute approximate surface area is 122 Å². The Morgan fingerprint density at radius 1 is 1.40 bits per heavy atom. The van der Waals surface area contributed by atoms with Gasteiger partial charge in [0.25, 0.3) is 0 Å². The van der Waals surface area contributed by atoms with Crippen LogP contribution >= 0.6 is 11.6 Å². The summed E-state index contributed by atoms with van der Waals surface area (Å²) in [6, 6.07) is 3.05. The van der Waals surface area contributed by atoms with E-state index in [0.717, 1.165) is 4.90 Å². The monoisotopic (exact) mass is 300 g/mol. The lowest BCUT2D eigenvalue weighted by molar-refractivity contribution is -0.140. The minimum absolute atomic E-state index is 0.244. The van der Waals surface area contributed by atoms with Crippen LogP contribution in [0.3, 0.4) is 0 Å². The highest BCUT2D eigenvalue weighted by Gasteiger charge is 2.25. The van der Waals surface area contributed by atoms with Crippen LogP contribution in [0.25, 0.3) is 0 Å². The largest absolute Gasteiger partial charge is 0.444 e. The standard InChI is InChI=1S/C13H17ClN2O4/c1-9(17)19-8-16(12(18)20-13(2,3)4)11-7-10(14)5-6-15-11/h5-7H,8H2,1-4H3. The molecular formula is C13H17ClN2O4. The summed E-state index contributed by atoms with van der Waals surface area (Å²) in [6.07, 6.45) is 0.775. The third kappa shape index (κ3) is 5.44. The molecular weight excluding hydrogens is 284 g/mol. The average Bonchev–Trinajstić information content (AvgIpc) is 2.26. The maximum Gasteiger partial charge on any atom is 0.418 e. The van der Waals surface area contributed by atoms with E-state index in [9.17, 15) is 9.59 Å². The number of nitrogens with zero attached hydrogens (tertiary/aromatic N) is 2. The second-order valence-corrected chi connectivity index (χ2v) is 5.44. The molecule has 7 heteroatoms. The Kier molecular flexibility index (Phi) is 5.33. The normalized spacial score (nSPS) is 10.8. The fourth-order valence-corrected chi connectivity index (χ4v) is 1.38. The van der Waals surface area contributed by atoms with Gasteiger partial charge >= 0.3 is 12.1 Å². The Balaban J connectivity index is 2.95. The van der Waals surface area contributed by atoms with Gasteiger partial charge in [-0.3, -0.25) is 4.79 Å². The van der Waals surface area contributed by atoms with E-state index in [-0.39, 0.29) is 12.5 Å². The first-order valence-electron chi connectivity index (χ1n) is 5.94. The molecule has 6 nitrogen and oxygen atoms in total. The number of halogens is 1. The van der Waals surface area contributed by atoms with Crippen molar-refractivity contribution in [2.24, 2.45) is 0 Å². The summed E-state index contributed by atoms with van der Waals surface area (Å²) in [4.78, 5) is 28.1. The molecule has 0 unspecified atom stereocenters. The molecule has 0 radical (unpaired) electrons. The molecule has 1 rings (SSSR count). The quantitative estimate of drug-likeness (QED) is 0.634. The smallest absolute Gasteiger partial charge is 0.418 e. The number of anilines is 1. The highest BCUT2D eigenvalue weighted by Crippen LogP contribution is 2.19. The minimum atomic E-state index is -0.676. The van der Waals surface area contributed by atoms with Crippen LogP contribution in [0.5, 0.6) is 0 Å². The van der Waals surface area contributed by atoms with E-state index < -0.39 is 17.7 Å². The molecule has 20 heavy (non-hydrogen) atoms. The summed E-state index contributed by atoms with van der Waals surface area (Å²) >= 11 is 5.86. The lowest BCUT2D eigenvalue weighted by atomic mass is 10.2. The second kappa shape index (κ2) is 6.56. The summed E-state index contributed by atoms with van der Waals surface area (Å²) in [5.41, 5.74) is -0.676. The molecule has 0 aromatic carbocycles. The van der Waals surface area contributed by atoms with Gasteiger partial charge in [0.1, 0.15) is 11.4 Å². The van der Waals surface area contributed by atoms with Crippen LogP contribution in [0.4, 0.5) is 10.6 Å². The number of esters is 1. The fourth-order valence-electron chi connectivity index (χ4n) is 1.23. The topological polar surface area (TPSA) is 68.7 Å². The van der Waals surface area contributed by atoms with Gasteiger partial charge in [-0.05, 0) is 32.9 Å². The average molecular weight is 301 g/mol. The van der Waals surface area contributed by atoms with Crippen LogP contribution < -0.4 is 4.90 Å². The number of pyridine rings is 1. The number of carbonyl (C=O) groups excluding carboxylic acids is 2. The van der Waals surface area contributed by atoms with Gasteiger partial charge in [0.15, 0.2) is 6.73 Å². The highest BCUT2D eigenvalue weighted by atomic mass is 35.5. The van der Waals surface area contributed by atoms with Crippen molar-refractivity contribution in [2.45, 2.75) is 33.3 Å². The van der Waals surface area contributed by atoms with Crippen molar-refractivity contribution in [1.82, 2.24) is 4.98 Å². The van der Waals surface area contributed by atoms with Crippen LogP contribution in [-0.4, -0.2) is 29.4 Å². The van der Waals surface area contributed by atoms with E-state index in [1.54, 1.807) is 26.8 Å². The number of hydrogen-bond donors (Lipinski definition) is 0. The third-order valence-electron chi connectivity index (χ3n) is 1.99. The summed E-state index contributed by atoms with van der Waals surface area (Å²) in [6.45, 7) is 6.16. The zero-order valence-electron chi connectivity index (χ0n) is 11.8. The maximum absolute atomic E-state index is 12.1. The second-order valence-electron chi connectivity index (χ2n) is 5.01. The lowest BCUT2D eigenvalue weighted by Gasteiger charge is -2.26. The van der Waals surface area contributed by atoms with Crippen molar-refractivity contribution in [3.8, 4) is 0 Å². The summed E-state index contributed by atoms with van der Waals surface area (Å²) < 4.78 is 10.1. The molecule has 0 saturated carbocycles. The van der Waals surface area contributed by atoms with Gasteiger partial charge in [-0.1, -0.05) is 11.6 Å². The van der Waals surface area contributed by atoms with Crippen molar-refractivity contribution in [3.63, 3.8) is 0 Å². The highest BCUT2D eigenvalue weighted by molar-refractivity contribution is 6.30. The predicted octanol–water partition coefficient (Wildman–Crippen LogP) is 3.00. The van der Waals surface area contributed by atoms with Crippen LogP contribution in [-0.2, 0) is 14.3 Å². The van der Waals surface area contributed by atoms with E-state index in [1.165, 1.54) is 19.2 Å². The van der Waals surface area contributed by atoms with Crippen molar-refractivity contribution in [1.29, 1.82) is 0 Å². The molecule has 0 aliphatic rings. The number of rotatable bonds is 3. The molecule has 0 fully saturated rings. The first kappa shape index (κ1) is 16.2. The number of amides is 1. The summed E-state index contributed by atoms with van der Waals surface area (Å²) in [5, 5.41) is 0.409. The minimum Gasteiger partial charge on any atom is -0.444 e. The zero-order valence-corrected chi connectivity index (χ0v) is 12.6. The molecule has 1 aromatic rings. The number of ether oxygens (including phenoxy) is 2. The number of carbonyl (C=O) groups is 2. The molecule has 0 bridgehead atoms. The van der Waals surface area contributed by atoms with Crippen LogP contribution in [0, 0.1) is 0 Å². The molecule has 0 N–H and O–H groups in total. The number of aromatic nitrogens is 1. The van der Waals surface area contributed by atoms with Crippen molar-refractivity contribution in [3.05, 3.63) is 23.4 Å². The van der Waals surface area contributed by atoms with Gasteiger partial charge in [0.05, 0.1) is 0 Å². The van der Waals surface area contributed by atoms with Crippen LogP contribution in [0.2, 0.25) is 5.02 Å². The van der Waals surface area contributed by atoms with Gasteiger partial charge in [-0.2, -0.15) is 0 Å². The van der Waals surface area contributed by atoms with Gasteiger partial charge in [0, 0.05) is 18.1 Å². The molecule has 0 spiro atoms. The lowest BCUT2D eigenvalue weighted by Crippen LogP contribution is -2.39. The maximum atomic E-state index is 12.1. The van der Waals surface area contributed by atoms with E-state index >= 15 is 0 Å². The molecule has 1 amide bonds. The predicted molar refractivity (Wildman–Crippen MR) is 74.6 cm³/mol. The molecule has 1 aromatic heterocycles. The van der Waals surface area contributed by atoms with E-state index in [2.05, 4.69) is 4.98 Å². The van der Waals surface area contributed by atoms with Gasteiger partial charge in [-0.15, -0.1) is 0 Å². The van der Waals surface area contributed by atoms with Gasteiger partial charge < -0.3 is 9.47 Å². The summed E-state index contributed by atoms with van der Waals surface area (Å²) in [7, 11) is 0. The van der Waals surface area contributed by atoms with E-state index in [1.807, 2.05) is 0 Å². The van der Waals surface area contributed by atoms with Crippen LogP contribution in [0.1, 0.15) is 27.7 Å². The first-order valence-corrected chi connectivity index (χ1v) is 6.32. The Hall–Kier alpha value is -1.82. The fraction of sp³-hybridized carbons (Fsp3) is 0.462. The Morgan fingerprint density at radius 2 is 2.05 bits per heavy atom. The SMILES string of the molecule is CC(=O)OCN(C(=O)OC(C)(C)C)c1cc(Cl)ccn1. The molecule has 0 saturated heterocycles. The summed E-state index contributed by atoms with van der Waals surface area (Å²) in [5.74, 6) is -0.270. The molecule has 0 aliphatic carbocycles. The van der Waals surface area contributed by atoms with E-state index in [4.69, 9.17) is 21.1 Å². The molecule has 110 valence electrons. The van der Waals surface area contributed by atoms with Crippen LogP contribution in [0.15, 0.2) is 18.3 Å². The van der Waals surface area contributed by atoms with Gasteiger partial charge in [-0.25, -0.2) is 14.7 Å². The Morgan fingerprint density at radius 3 is 2.55 bits per heavy atom. The number of hydrogen-bond acceptors (Lipinski definition) is 5. The van der Waals surface area contributed by atoms with Gasteiger partial charge in [0.2, 0.25) is 0 Å². The van der Waals surface area contributed by atoms with E-state index in [0.29, 0.717) is 5.02 Å². The first-order chi connectivity index (χ1) is 9.19.